The highest BCUT2D eigenvalue weighted by Gasteiger charge is 2.09. The fraction of sp³-hybridized carbons (Fsp3) is 0.533. The third-order valence-electron chi connectivity index (χ3n) is 3.13. The second kappa shape index (κ2) is 8.15. The van der Waals surface area contributed by atoms with E-state index in [0.29, 0.717) is 23.3 Å². The maximum atomic E-state index is 13.4. The number of nitrogens with one attached hydrogen (secondary N) is 1. The zero-order valence-electron chi connectivity index (χ0n) is 12.3. The lowest BCUT2D eigenvalue weighted by Gasteiger charge is -2.14. The summed E-state index contributed by atoms with van der Waals surface area (Å²) < 4.78 is 13.4. The molecule has 3 N–H and O–H groups in total. The number of hydrogen-bond donors (Lipinski definition) is 2. The zero-order chi connectivity index (χ0) is 15.1. The standard InChI is InChI=1S/C15H23FN2OS/c1-10(2)11(3)20-8-4-5-15(19)18-14-9-12(17)6-7-13(14)16/h6-7,9-11H,4-5,8,17H2,1-3H3,(H,18,19). The lowest BCUT2D eigenvalue weighted by molar-refractivity contribution is -0.116. The quantitative estimate of drug-likeness (QED) is 0.593. The number of nitrogens with two attached hydrogens (primary N) is 1. The van der Waals surface area contributed by atoms with Crippen LogP contribution in [-0.2, 0) is 4.79 Å². The average molecular weight is 298 g/mol. The van der Waals surface area contributed by atoms with E-state index >= 15 is 0 Å². The Hall–Kier alpha value is -1.23. The second-order valence-electron chi connectivity index (χ2n) is 5.21. The van der Waals surface area contributed by atoms with E-state index in [1.54, 1.807) is 0 Å². The van der Waals surface area contributed by atoms with Gasteiger partial charge in [0.15, 0.2) is 0 Å². The molecule has 0 radical (unpaired) electrons. The number of carbonyl (C=O) groups is 1. The maximum absolute atomic E-state index is 13.4. The van der Waals surface area contributed by atoms with Crippen LogP contribution < -0.4 is 11.1 Å². The van der Waals surface area contributed by atoms with E-state index in [0.717, 1.165) is 12.2 Å². The smallest absolute Gasteiger partial charge is 0.224 e. The molecule has 0 spiro atoms. The minimum atomic E-state index is -0.463. The van der Waals surface area contributed by atoms with Crippen molar-refractivity contribution < 1.29 is 9.18 Å². The highest BCUT2D eigenvalue weighted by molar-refractivity contribution is 7.99. The minimum absolute atomic E-state index is 0.151. The Morgan fingerprint density at radius 2 is 2.10 bits per heavy atom. The van der Waals surface area contributed by atoms with Crippen LogP contribution in [0.1, 0.15) is 33.6 Å². The van der Waals surface area contributed by atoms with Gasteiger partial charge in [-0.25, -0.2) is 4.39 Å². The molecule has 1 aromatic rings. The van der Waals surface area contributed by atoms with Crippen LogP contribution in [0.2, 0.25) is 0 Å². The summed E-state index contributed by atoms with van der Waals surface area (Å²) in [7, 11) is 0. The molecule has 0 aromatic heterocycles. The summed E-state index contributed by atoms with van der Waals surface area (Å²) in [6.07, 6.45) is 1.18. The molecule has 112 valence electrons. The Bertz CT molecular complexity index is 451. The van der Waals surface area contributed by atoms with Crippen molar-refractivity contribution in [1.82, 2.24) is 0 Å². The average Bonchev–Trinajstić information content (AvgIpc) is 2.38. The third-order valence-corrected chi connectivity index (χ3v) is 4.73. The van der Waals surface area contributed by atoms with Gasteiger partial charge in [-0.3, -0.25) is 4.79 Å². The van der Waals surface area contributed by atoms with E-state index in [1.165, 1.54) is 18.2 Å². The van der Waals surface area contributed by atoms with E-state index < -0.39 is 5.82 Å². The normalized spacial score (nSPS) is 12.4. The monoisotopic (exact) mass is 298 g/mol. The van der Waals surface area contributed by atoms with Crippen molar-refractivity contribution in [3.05, 3.63) is 24.0 Å². The molecule has 0 aliphatic heterocycles. The number of carbonyl (C=O) groups excluding carboxylic acids is 1. The summed E-state index contributed by atoms with van der Waals surface area (Å²) in [6, 6.07) is 4.16. The van der Waals surface area contributed by atoms with Crippen LogP contribution in [0, 0.1) is 11.7 Å². The largest absolute Gasteiger partial charge is 0.399 e. The zero-order valence-corrected chi connectivity index (χ0v) is 13.1. The van der Waals surface area contributed by atoms with E-state index in [-0.39, 0.29) is 11.6 Å². The molecular formula is C15H23FN2OS. The Morgan fingerprint density at radius 3 is 2.75 bits per heavy atom. The molecule has 3 nitrogen and oxygen atoms in total. The molecule has 0 bridgehead atoms. The van der Waals surface area contributed by atoms with Gasteiger partial charge in [0.2, 0.25) is 5.91 Å². The fourth-order valence-electron chi connectivity index (χ4n) is 1.55. The number of amides is 1. The molecule has 0 aliphatic carbocycles. The highest BCUT2D eigenvalue weighted by Crippen LogP contribution is 2.21. The lowest BCUT2D eigenvalue weighted by atomic mass is 10.2. The van der Waals surface area contributed by atoms with Crippen molar-refractivity contribution in [1.29, 1.82) is 0 Å². The molecule has 5 heteroatoms. The number of rotatable bonds is 7. The number of halogens is 1. The number of benzene rings is 1. The second-order valence-corrected chi connectivity index (χ2v) is 6.70. The molecule has 1 aromatic carbocycles. The molecule has 20 heavy (non-hydrogen) atoms. The summed E-state index contributed by atoms with van der Waals surface area (Å²) >= 11 is 1.86. The summed E-state index contributed by atoms with van der Waals surface area (Å²) in [6.45, 7) is 6.57. The number of thioether (sulfide) groups is 1. The first-order chi connectivity index (χ1) is 9.40. The van der Waals surface area contributed by atoms with Crippen molar-refractivity contribution >= 4 is 29.0 Å². The molecule has 0 heterocycles. The number of nitrogen functional groups attached to an aromatic ring is 1. The SMILES string of the molecule is CC(C)C(C)SCCCC(=O)Nc1cc(N)ccc1F. The van der Waals surface area contributed by atoms with Gasteiger partial charge in [-0.2, -0.15) is 11.8 Å². The molecule has 1 amide bonds. The summed E-state index contributed by atoms with van der Waals surface area (Å²) in [4.78, 5) is 11.7. The molecule has 0 saturated heterocycles. The van der Waals surface area contributed by atoms with Gasteiger partial charge in [-0.15, -0.1) is 0 Å². The predicted octanol–water partition coefficient (Wildman–Crippen LogP) is 3.90. The number of anilines is 2. The minimum Gasteiger partial charge on any atom is -0.399 e. The predicted molar refractivity (Wildman–Crippen MR) is 85.4 cm³/mol. The van der Waals surface area contributed by atoms with Crippen molar-refractivity contribution in [2.45, 2.75) is 38.9 Å². The Balaban J connectivity index is 2.32. The molecule has 0 aliphatic rings. The maximum Gasteiger partial charge on any atom is 0.224 e. The highest BCUT2D eigenvalue weighted by atomic mass is 32.2. The molecular weight excluding hydrogens is 275 g/mol. The van der Waals surface area contributed by atoms with Crippen LogP contribution in [0.25, 0.3) is 0 Å². The Morgan fingerprint density at radius 1 is 1.40 bits per heavy atom. The Kier molecular flexibility index (Phi) is 6.85. The summed E-state index contributed by atoms with van der Waals surface area (Å²) in [5.74, 6) is 0.935. The van der Waals surface area contributed by atoms with Crippen LogP contribution in [0.15, 0.2) is 18.2 Å². The summed E-state index contributed by atoms with van der Waals surface area (Å²) in [5.41, 5.74) is 6.15. The first-order valence-corrected chi connectivity index (χ1v) is 7.91. The lowest BCUT2D eigenvalue weighted by Crippen LogP contribution is -2.13. The van der Waals surface area contributed by atoms with Crippen LogP contribution in [0.3, 0.4) is 0 Å². The van der Waals surface area contributed by atoms with E-state index in [2.05, 4.69) is 26.1 Å². The van der Waals surface area contributed by atoms with Crippen LogP contribution in [0.4, 0.5) is 15.8 Å². The van der Waals surface area contributed by atoms with Gasteiger partial charge in [-0.1, -0.05) is 20.8 Å². The van der Waals surface area contributed by atoms with Crippen molar-refractivity contribution in [2.75, 3.05) is 16.8 Å². The van der Waals surface area contributed by atoms with E-state index in [4.69, 9.17) is 5.73 Å². The van der Waals surface area contributed by atoms with Crippen molar-refractivity contribution in [2.24, 2.45) is 5.92 Å². The van der Waals surface area contributed by atoms with Crippen LogP contribution >= 0.6 is 11.8 Å². The topological polar surface area (TPSA) is 55.1 Å². The molecule has 1 rings (SSSR count). The Labute approximate surface area is 124 Å². The van der Waals surface area contributed by atoms with Crippen LogP contribution in [0.5, 0.6) is 0 Å². The van der Waals surface area contributed by atoms with E-state index in [1.807, 2.05) is 11.8 Å². The van der Waals surface area contributed by atoms with Crippen molar-refractivity contribution in [3.63, 3.8) is 0 Å². The van der Waals surface area contributed by atoms with E-state index in [9.17, 15) is 9.18 Å². The van der Waals surface area contributed by atoms with Gasteiger partial charge in [0, 0.05) is 17.4 Å². The molecule has 0 saturated carbocycles. The van der Waals surface area contributed by atoms with Gasteiger partial charge in [-0.05, 0) is 36.3 Å². The molecule has 1 atom stereocenters. The van der Waals surface area contributed by atoms with Gasteiger partial charge in [0.25, 0.3) is 0 Å². The fourth-order valence-corrected chi connectivity index (χ4v) is 2.61. The van der Waals surface area contributed by atoms with Gasteiger partial charge in [0.05, 0.1) is 5.69 Å². The van der Waals surface area contributed by atoms with Gasteiger partial charge in [0.1, 0.15) is 5.82 Å². The van der Waals surface area contributed by atoms with Gasteiger partial charge >= 0.3 is 0 Å². The van der Waals surface area contributed by atoms with Crippen LogP contribution in [-0.4, -0.2) is 16.9 Å². The molecule has 0 fully saturated rings. The van der Waals surface area contributed by atoms with Crippen molar-refractivity contribution in [3.8, 4) is 0 Å². The first-order valence-electron chi connectivity index (χ1n) is 6.86. The van der Waals surface area contributed by atoms with Gasteiger partial charge < -0.3 is 11.1 Å². The third kappa shape index (κ3) is 5.82. The number of hydrogen-bond acceptors (Lipinski definition) is 3. The molecule has 1 unspecified atom stereocenters. The summed E-state index contributed by atoms with van der Waals surface area (Å²) in [5, 5.41) is 3.15. The first kappa shape index (κ1) is 16.8.